The van der Waals surface area contributed by atoms with Crippen LogP contribution in [0.25, 0.3) is 0 Å². The predicted molar refractivity (Wildman–Crippen MR) is 67.3 cm³/mol. The molecule has 0 N–H and O–H groups in total. The van der Waals surface area contributed by atoms with Crippen molar-refractivity contribution in [2.45, 2.75) is 9.79 Å². The van der Waals surface area contributed by atoms with E-state index in [2.05, 4.69) is 0 Å². The van der Waals surface area contributed by atoms with Crippen LogP contribution in [0.15, 0.2) is 52.3 Å². The van der Waals surface area contributed by atoms with Gasteiger partial charge in [-0.15, -0.1) is 0 Å². The molecule has 0 atom stereocenters. The second-order valence-corrected chi connectivity index (χ2v) is 5.01. The van der Waals surface area contributed by atoms with Gasteiger partial charge in [0.25, 0.3) is 5.24 Å². The molecule has 0 radical (unpaired) electrons. The summed E-state index contributed by atoms with van der Waals surface area (Å²) in [4.78, 5) is 13.0. The van der Waals surface area contributed by atoms with E-state index in [1.165, 1.54) is 0 Å². The van der Waals surface area contributed by atoms with Gasteiger partial charge in [0.05, 0.1) is 9.79 Å². The Bertz CT molecular complexity index is 610. The number of ether oxygens (including phenoxy) is 1. The Morgan fingerprint density at radius 3 is 2.65 bits per heavy atom. The molecule has 2 aromatic carbocycles. The normalized spacial score (nSPS) is 12.3. The molecule has 0 spiro atoms. The Morgan fingerprint density at radius 2 is 1.82 bits per heavy atom. The third kappa shape index (κ3) is 1.92. The molecule has 0 saturated carbocycles. The lowest BCUT2D eigenvalue weighted by Gasteiger charge is -2.19. The maximum Gasteiger partial charge on any atom is 0.252 e. The zero-order valence-electron chi connectivity index (χ0n) is 8.64. The van der Waals surface area contributed by atoms with Crippen LogP contribution in [0, 0.1) is 0 Å². The Balaban J connectivity index is 2.06. The van der Waals surface area contributed by atoms with Gasteiger partial charge in [-0.3, -0.25) is 4.79 Å². The first-order valence-electron chi connectivity index (χ1n) is 5.02. The summed E-state index contributed by atoms with van der Waals surface area (Å²) < 4.78 is 5.74. The lowest BCUT2D eigenvalue weighted by molar-refractivity contribution is 0.108. The lowest BCUT2D eigenvalue weighted by Crippen LogP contribution is -1.97. The van der Waals surface area contributed by atoms with Crippen molar-refractivity contribution in [1.82, 2.24) is 0 Å². The summed E-state index contributed by atoms with van der Waals surface area (Å²) in [5.74, 6) is 1.60. The third-order valence-electron chi connectivity index (χ3n) is 2.46. The highest BCUT2D eigenvalue weighted by Gasteiger charge is 2.18. The van der Waals surface area contributed by atoms with Crippen molar-refractivity contribution in [2.24, 2.45) is 0 Å². The van der Waals surface area contributed by atoms with Gasteiger partial charge in [0, 0.05) is 5.56 Å². The minimum atomic E-state index is -0.452. The summed E-state index contributed by atoms with van der Waals surface area (Å²) >= 11 is 7.04. The highest BCUT2D eigenvalue weighted by atomic mass is 35.5. The molecule has 0 aliphatic carbocycles. The Morgan fingerprint density at radius 1 is 1.06 bits per heavy atom. The first-order valence-corrected chi connectivity index (χ1v) is 6.22. The smallest absolute Gasteiger partial charge is 0.252 e. The van der Waals surface area contributed by atoms with Crippen LogP contribution in [0.4, 0.5) is 0 Å². The van der Waals surface area contributed by atoms with Crippen LogP contribution in [0.1, 0.15) is 10.4 Å². The summed E-state index contributed by atoms with van der Waals surface area (Å²) in [5.41, 5.74) is 0.487. The molecule has 3 rings (SSSR count). The van der Waals surface area contributed by atoms with Gasteiger partial charge in [-0.05, 0) is 41.9 Å². The number of rotatable bonds is 1. The van der Waals surface area contributed by atoms with Crippen LogP contribution in [-0.4, -0.2) is 5.24 Å². The molecule has 1 heterocycles. The van der Waals surface area contributed by atoms with E-state index < -0.39 is 5.24 Å². The van der Waals surface area contributed by atoms with E-state index in [0.717, 1.165) is 21.3 Å². The predicted octanol–water partition coefficient (Wildman–Crippen LogP) is 4.32. The number of carbonyl (C=O) groups excluding carboxylic acids is 1. The zero-order chi connectivity index (χ0) is 11.8. The highest BCUT2D eigenvalue weighted by molar-refractivity contribution is 7.99. The largest absolute Gasteiger partial charge is 0.455 e. The first kappa shape index (κ1) is 10.7. The SMILES string of the molecule is O=C(Cl)c1ccc2c(c1)Sc1ccccc1O2. The molecule has 2 nitrogen and oxygen atoms in total. The standard InChI is InChI=1S/C13H7ClO2S/c14-13(15)8-5-6-10-12(7-8)17-11-4-2-1-3-9(11)16-10/h1-7H. The van der Waals surface area contributed by atoms with Crippen molar-refractivity contribution in [3.05, 3.63) is 48.0 Å². The molecular formula is C13H7ClO2S. The summed E-state index contributed by atoms with van der Waals surface area (Å²) in [7, 11) is 0. The highest BCUT2D eigenvalue weighted by Crippen LogP contribution is 2.46. The molecule has 84 valence electrons. The van der Waals surface area contributed by atoms with Gasteiger partial charge in [-0.1, -0.05) is 23.9 Å². The number of benzene rings is 2. The van der Waals surface area contributed by atoms with E-state index in [-0.39, 0.29) is 0 Å². The minimum absolute atomic E-state index is 0.452. The summed E-state index contributed by atoms with van der Waals surface area (Å²) in [6.45, 7) is 0. The van der Waals surface area contributed by atoms with Crippen molar-refractivity contribution in [1.29, 1.82) is 0 Å². The van der Waals surface area contributed by atoms with E-state index in [1.807, 2.05) is 24.3 Å². The van der Waals surface area contributed by atoms with E-state index in [0.29, 0.717) is 5.56 Å². The quantitative estimate of drug-likeness (QED) is 0.611. The molecule has 4 heteroatoms. The number of fused-ring (bicyclic) bond motifs is 2. The van der Waals surface area contributed by atoms with Gasteiger partial charge in [0.15, 0.2) is 0 Å². The molecule has 0 aromatic heterocycles. The van der Waals surface area contributed by atoms with Crippen LogP contribution in [0.2, 0.25) is 0 Å². The maximum atomic E-state index is 11.1. The molecule has 0 unspecified atom stereocenters. The average molecular weight is 263 g/mol. The fourth-order valence-electron chi connectivity index (χ4n) is 1.65. The van der Waals surface area contributed by atoms with Crippen molar-refractivity contribution < 1.29 is 9.53 Å². The van der Waals surface area contributed by atoms with Gasteiger partial charge in [-0.25, -0.2) is 0 Å². The van der Waals surface area contributed by atoms with Crippen LogP contribution < -0.4 is 4.74 Å². The van der Waals surface area contributed by atoms with Gasteiger partial charge in [0.1, 0.15) is 11.5 Å². The molecule has 2 aromatic rings. The van der Waals surface area contributed by atoms with Crippen LogP contribution in [-0.2, 0) is 0 Å². The van der Waals surface area contributed by atoms with Crippen LogP contribution >= 0.6 is 23.4 Å². The maximum absolute atomic E-state index is 11.1. The number of hydrogen-bond donors (Lipinski definition) is 0. The Labute approximate surface area is 108 Å². The molecular weight excluding hydrogens is 256 g/mol. The number of carbonyl (C=O) groups is 1. The monoisotopic (exact) mass is 262 g/mol. The topological polar surface area (TPSA) is 26.3 Å². The van der Waals surface area contributed by atoms with E-state index in [9.17, 15) is 4.79 Å². The number of para-hydroxylation sites is 1. The fraction of sp³-hybridized carbons (Fsp3) is 0. The molecule has 0 saturated heterocycles. The van der Waals surface area contributed by atoms with E-state index in [1.54, 1.807) is 30.0 Å². The second kappa shape index (κ2) is 4.09. The molecule has 1 aliphatic rings. The van der Waals surface area contributed by atoms with E-state index in [4.69, 9.17) is 16.3 Å². The van der Waals surface area contributed by atoms with Crippen molar-refractivity contribution in [2.75, 3.05) is 0 Å². The zero-order valence-corrected chi connectivity index (χ0v) is 10.2. The van der Waals surface area contributed by atoms with Gasteiger partial charge in [0.2, 0.25) is 0 Å². The van der Waals surface area contributed by atoms with Crippen LogP contribution in [0.3, 0.4) is 0 Å². The van der Waals surface area contributed by atoms with E-state index >= 15 is 0 Å². The average Bonchev–Trinajstić information content (AvgIpc) is 2.35. The Kier molecular flexibility index (Phi) is 2.57. The molecule has 1 aliphatic heterocycles. The van der Waals surface area contributed by atoms with Crippen molar-refractivity contribution in [3.8, 4) is 11.5 Å². The molecule has 17 heavy (non-hydrogen) atoms. The molecule has 0 fully saturated rings. The van der Waals surface area contributed by atoms with Crippen molar-refractivity contribution in [3.63, 3.8) is 0 Å². The minimum Gasteiger partial charge on any atom is -0.455 e. The fourth-order valence-corrected chi connectivity index (χ4v) is 2.76. The van der Waals surface area contributed by atoms with Gasteiger partial charge < -0.3 is 4.74 Å². The number of halogens is 1. The summed E-state index contributed by atoms with van der Waals surface area (Å²) in [6, 6.07) is 13.0. The third-order valence-corrected chi connectivity index (χ3v) is 3.77. The molecule has 0 bridgehead atoms. The second-order valence-electron chi connectivity index (χ2n) is 3.59. The van der Waals surface area contributed by atoms with Gasteiger partial charge >= 0.3 is 0 Å². The summed E-state index contributed by atoms with van der Waals surface area (Å²) in [6.07, 6.45) is 0. The van der Waals surface area contributed by atoms with Gasteiger partial charge in [-0.2, -0.15) is 0 Å². The number of hydrogen-bond acceptors (Lipinski definition) is 3. The molecule has 0 amide bonds. The summed E-state index contributed by atoms with van der Waals surface area (Å²) in [5, 5.41) is -0.452. The van der Waals surface area contributed by atoms with Crippen molar-refractivity contribution >= 4 is 28.6 Å². The first-order chi connectivity index (χ1) is 8.24. The Hall–Kier alpha value is -1.45. The van der Waals surface area contributed by atoms with Crippen LogP contribution in [0.5, 0.6) is 11.5 Å². The lowest BCUT2D eigenvalue weighted by atomic mass is 10.2.